The Kier molecular flexibility index (Phi) is 5.15. The first-order valence-electron chi connectivity index (χ1n) is 15.5. The van der Waals surface area contributed by atoms with E-state index in [1.54, 1.807) is 11.1 Å². The van der Waals surface area contributed by atoms with Gasteiger partial charge in [0.25, 0.3) is 0 Å². The van der Waals surface area contributed by atoms with Gasteiger partial charge in [-0.25, -0.2) is 0 Å². The number of nitrogens with one attached hydrogen (secondary N) is 1. The maximum atomic E-state index is 3.99. The third kappa shape index (κ3) is 3.42. The highest BCUT2D eigenvalue weighted by atomic mass is 14.9. The lowest BCUT2D eigenvalue weighted by Crippen LogP contribution is -2.55. The molecule has 0 unspecified atom stereocenters. The highest BCUT2D eigenvalue weighted by Crippen LogP contribution is 2.70. The second-order valence-corrected chi connectivity index (χ2v) is 13.1. The van der Waals surface area contributed by atoms with Crippen molar-refractivity contribution >= 4 is 11.4 Å². The topological polar surface area (TPSA) is 12.0 Å². The van der Waals surface area contributed by atoms with Gasteiger partial charge in [0.15, 0.2) is 0 Å². The van der Waals surface area contributed by atoms with Crippen molar-refractivity contribution in [2.24, 2.45) is 23.7 Å². The molecule has 0 saturated heterocycles. The van der Waals surface area contributed by atoms with Gasteiger partial charge in [-0.3, -0.25) is 0 Å². The smallest absolute Gasteiger partial charge is 0.0432 e. The van der Waals surface area contributed by atoms with Gasteiger partial charge >= 0.3 is 0 Å². The molecule has 1 nitrogen and oxygen atoms in total. The molecule has 5 aromatic carbocycles. The van der Waals surface area contributed by atoms with E-state index in [9.17, 15) is 0 Å². The molecule has 0 atom stereocenters. The van der Waals surface area contributed by atoms with Crippen LogP contribution < -0.4 is 5.32 Å². The van der Waals surface area contributed by atoms with Crippen molar-refractivity contribution in [3.05, 3.63) is 132 Å². The fourth-order valence-electron chi connectivity index (χ4n) is 9.84. The summed E-state index contributed by atoms with van der Waals surface area (Å²) in [6.07, 6.45) is 7.10. The molecule has 5 aromatic rings. The normalized spacial score (nSPS) is 26.6. The summed E-state index contributed by atoms with van der Waals surface area (Å²) in [4.78, 5) is 0. The van der Waals surface area contributed by atoms with Gasteiger partial charge in [0.2, 0.25) is 0 Å². The Hall–Kier alpha value is -4.10. The lowest BCUT2D eigenvalue weighted by molar-refractivity contribution is -0.0396. The van der Waals surface area contributed by atoms with Crippen LogP contribution >= 0.6 is 0 Å². The lowest BCUT2D eigenvalue weighted by Gasteiger charge is -2.61. The zero-order valence-electron chi connectivity index (χ0n) is 23.4. The van der Waals surface area contributed by atoms with Crippen molar-refractivity contribution in [2.75, 3.05) is 5.32 Å². The van der Waals surface area contributed by atoms with E-state index in [-0.39, 0.29) is 5.41 Å². The summed E-state index contributed by atoms with van der Waals surface area (Å²) in [6, 6.07) is 45.0. The molecule has 4 bridgehead atoms. The van der Waals surface area contributed by atoms with E-state index < -0.39 is 0 Å². The predicted octanol–water partition coefficient (Wildman–Crippen LogP) is 10.5. The van der Waals surface area contributed by atoms with Crippen molar-refractivity contribution in [1.82, 2.24) is 0 Å². The summed E-state index contributed by atoms with van der Waals surface area (Å²) in [5, 5.41) is 3.99. The maximum Gasteiger partial charge on any atom is 0.0432 e. The van der Waals surface area contributed by atoms with Crippen LogP contribution in [0, 0.1) is 23.7 Å². The summed E-state index contributed by atoms with van der Waals surface area (Å²) in [7, 11) is 0. The molecule has 5 aliphatic carbocycles. The third-order valence-corrected chi connectivity index (χ3v) is 11.0. The Morgan fingerprint density at radius 3 is 1.83 bits per heavy atom. The van der Waals surface area contributed by atoms with Crippen molar-refractivity contribution in [3.8, 4) is 33.4 Å². The zero-order chi connectivity index (χ0) is 27.0. The minimum atomic E-state index is 0.153. The Balaban J connectivity index is 1.16. The zero-order valence-corrected chi connectivity index (χ0v) is 23.4. The van der Waals surface area contributed by atoms with E-state index in [2.05, 4.69) is 127 Å². The molecule has 0 amide bonds. The van der Waals surface area contributed by atoms with Crippen LogP contribution in [-0.2, 0) is 5.41 Å². The summed E-state index contributed by atoms with van der Waals surface area (Å²) in [5.41, 5.74) is 13.8. The second-order valence-electron chi connectivity index (χ2n) is 13.1. The minimum absolute atomic E-state index is 0.153. The molecule has 41 heavy (non-hydrogen) atoms. The summed E-state index contributed by atoms with van der Waals surface area (Å²) >= 11 is 0. The number of benzene rings is 5. The third-order valence-electron chi connectivity index (χ3n) is 11.0. The molecule has 1 spiro atoms. The Bertz CT molecular complexity index is 1750. The first kappa shape index (κ1) is 23.6. The van der Waals surface area contributed by atoms with Gasteiger partial charge in [0.1, 0.15) is 0 Å². The van der Waals surface area contributed by atoms with E-state index in [0.717, 1.165) is 29.4 Å². The molecule has 200 valence electrons. The van der Waals surface area contributed by atoms with Gasteiger partial charge < -0.3 is 5.32 Å². The largest absolute Gasteiger partial charge is 0.355 e. The molecular formula is C40H35N. The molecule has 4 saturated carbocycles. The van der Waals surface area contributed by atoms with Crippen LogP contribution in [0.25, 0.3) is 33.4 Å². The molecule has 0 aliphatic heterocycles. The molecular weight excluding hydrogens is 494 g/mol. The van der Waals surface area contributed by atoms with Crippen LogP contribution in [0.5, 0.6) is 0 Å². The summed E-state index contributed by atoms with van der Waals surface area (Å²) in [6.45, 7) is 0. The van der Waals surface area contributed by atoms with Crippen LogP contribution in [0.1, 0.15) is 43.2 Å². The van der Waals surface area contributed by atoms with Crippen LogP contribution in [0.3, 0.4) is 0 Å². The number of hydrogen-bond donors (Lipinski definition) is 1. The van der Waals surface area contributed by atoms with E-state index >= 15 is 0 Å². The number of fused-ring (bicyclic) bond motifs is 3. The molecule has 0 heterocycles. The van der Waals surface area contributed by atoms with Crippen LogP contribution in [-0.4, -0.2) is 0 Å². The molecule has 0 aromatic heterocycles. The van der Waals surface area contributed by atoms with Crippen molar-refractivity contribution in [2.45, 2.75) is 37.5 Å². The summed E-state index contributed by atoms with van der Waals surface area (Å²) < 4.78 is 0. The van der Waals surface area contributed by atoms with Gasteiger partial charge in [0, 0.05) is 16.8 Å². The van der Waals surface area contributed by atoms with Crippen LogP contribution in [0.2, 0.25) is 0 Å². The fraction of sp³-hybridized carbons (Fsp3) is 0.250. The molecule has 5 aliphatic rings. The predicted molar refractivity (Wildman–Crippen MR) is 170 cm³/mol. The molecule has 0 radical (unpaired) electrons. The van der Waals surface area contributed by atoms with Crippen LogP contribution in [0.15, 0.2) is 121 Å². The molecule has 1 heteroatoms. The number of rotatable bonds is 4. The van der Waals surface area contributed by atoms with E-state index in [1.165, 1.54) is 71.2 Å². The Morgan fingerprint density at radius 2 is 1.07 bits per heavy atom. The Labute approximate surface area is 243 Å². The van der Waals surface area contributed by atoms with Crippen molar-refractivity contribution in [3.63, 3.8) is 0 Å². The maximum absolute atomic E-state index is 3.99. The number of hydrogen-bond acceptors (Lipinski definition) is 1. The minimum Gasteiger partial charge on any atom is -0.355 e. The van der Waals surface area contributed by atoms with Crippen molar-refractivity contribution < 1.29 is 0 Å². The quantitative estimate of drug-likeness (QED) is 0.244. The first-order valence-corrected chi connectivity index (χ1v) is 15.5. The second kappa shape index (κ2) is 8.95. The highest BCUT2D eigenvalue weighted by Gasteiger charge is 2.62. The highest BCUT2D eigenvalue weighted by molar-refractivity contribution is 5.89. The monoisotopic (exact) mass is 529 g/mol. The average molecular weight is 530 g/mol. The van der Waals surface area contributed by atoms with Gasteiger partial charge in [0.05, 0.1) is 0 Å². The van der Waals surface area contributed by atoms with Crippen molar-refractivity contribution in [1.29, 1.82) is 0 Å². The lowest BCUT2D eigenvalue weighted by atomic mass is 9.43. The Morgan fingerprint density at radius 1 is 0.488 bits per heavy atom. The summed E-state index contributed by atoms with van der Waals surface area (Å²) in [5.74, 6) is 3.41. The van der Waals surface area contributed by atoms with Gasteiger partial charge in [-0.15, -0.1) is 0 Å². The fourth-order valence-corrected chi connectivity index (χ4v) is 9.84. The van der Waals surface area contributed by atoms with E-state index in [0.29, 0.717) is 0 Å². The first-order chi connectivity index (χ1) is 20.3. The van der Waals surface area contributed by atoms with Gasteiger partial charge in [-0.1, -0.05) is 103 Å². The van der Waals surface area contributed by atoms with Gasteiger partial charge in [-0.05, 0) is 118 Å². The van der Waals surface area contributed by atoms with Crippen LogP contribution in [0.4, 0.5) is 11.4 Å². The number of anilines is 2. The van der Waals surface area contributed by atoms with E-state index in [1.807, 2.05) is 0 Å². The molecule has 10 rings (SSSR count). The molecule has 1 N–H and O–H groups in total. The average Bonchev–Trinajstić information content (AvgIpc) is 3.32. The SMILES string of the molecule is c1ccc(-c2ccccc2-c2cccc(Nc3cccc4c3C3(c5ccccc5-4)C4CC5CC(C4)CC3C5)c2)cc1. The van der Waals surface area contributed by atoms with Gasteiger partial charge in [-0.2, -0.15) is 0 Å². The molecule has 4 fully saturated rings. The standard InChI is InChI=1S/C40H35N/c1-2-10-28(11-3-1)33-14-4-5-15-34(33)29-12-8-13-32(25-29)41-38-19-9-17-36-35-16-6-7-18-37(35)40(39(36)38)30-21-26-20-27(23-30)24-31(40)22-26/h1-19,25-27,30-31,41H,20-24H2. The van der Waals surface area contributed by atoms with E-state index in [4.69, 9.17) is 0 Å².